The maximum absolute atomic E-state index is 12.1. The van der Waals surface area contributed by atoms with E-state index in [4.69, 9.17) is 4.74 Å². The third-order valence-corrected chi connectivity index (χ3v) is 3.33. The SMILES string of the molecule is CC(S)OC1CCN(C(=O)C2NCCN2)CC1. The summed E-state index contributed by atoms with van der Waals surface area (Å²) in [7, 11) is 0. The lowest BCUT2D eigenvalue weighted by molar-refractivity contribution is -0.136. The first-order valence-electron chi connectivity index (χ1n) is 6.26. The van der Waals surface area contributed by atoms with E-state index in [1.54, 1.807) is 0 Å². The number of hydrogen-bond donors (Lipinski definition) is 3. The first-order chi connectivity index (χ1) is 8.16. The van der Waals surface area contributed by atoms with E-state index in [0.29, 0.717) is 0 Å². The van der Waals surface area contributed by atoms with E-state index in [2.05, 4.69) is 23.3 Å². The smallest absolute Gasteiger partial charge is 0.254 e. The van der Waals surface area contributed by atoms with Gasteiger partial charge in [-0.3, -0.25) is 15.4 Å². The normalized spacial score (nSPS) is 25.2. The Morgan fingerprint density at radius 3 is 2.47 bits per heavy atom. The van der Waals surface area contributed by atoms with Gasteiger partial charge in [-0.15, -0.1) is 12.6 Å². The molecule has 0 aromatic rings. The number of amides is 1. The van der Waals surface area contributed by atoms with Crippen molar-refractivity contribution < 1.29 is 9.53 Å². The average molecular weight is 259 g/mol. The van der Waals surface area contributed by atoms with Gasteiger partial charge in [-0.25, -0.2) is 0 Å². The predicted octanol–water partition coefficient (Wildman–Crippen LogP) is -0.211. The molecule has 2 fully saturated rings. The van der Waals surface area contributed by atoms with Gasteiger partial charge in [0.2, 0.25) is 0 Å². The van der Waals surface area contributed by atoms with E-state index in [9.17, 15) is 4.79 Å². The Balaban J connectivity index is 1.76. The van der Waals surface area contributed by atoms with Crippen LogP contribution in [0.2, 0.25) is 0 Å². The van der Waals surface area contributed by atoms with Gasteiger partial charge < -0.3 is 9.64 Å². The topological polar surface area (TPSA) is 53.6 Å². The van der Waals surface area contributed by atoms with Crippen molar-refractivity contribution in [2.45, 2.75) is 37.5 Å². The number of carbonyl (C=O) groups is 1. The second kappa shape index (κ2) is 6.04. The maximum atomic E-state index is 12.1. The second-order valence-corrected chi connectivity index (χ2v) is 5.33. The van der Waals surface area contributed by atoms with Crippen LogP contribution < -0.4 is 10.6 Å². The summed E-state index contributed by atoms with van der Waals surface area (Å²) in [6.07, 6.45) is 1.87. The molecule has 1 atom stereocenters. The number of nitrogens with zero attached hydrogens (tertiary/aromatic N) is 1. The summed E-state index contributed by atoms with van der Waals surface area (Å²) in [4.78, 5) is 14.0. The van der Waals surface area contributed by atoms with Gasteiger partial charge in [-0.05, 0) is 19.8 Å². The quantitative estimate of drug-likeness (QED) is 0.485. The molecule has 0 radical (unpaired) electrons. The van der Waals surface area contributed by atoms with E-state index < -0.39 is 0 Å². The molecular weight excluding hydrogens is 238 g/mol. The number of thiol groups is 1. The Hall–Kier alpha value is -0.300. The fourth-order valence-corrected chi connectivity index (χ4v) is 2.53. The van der Waals surface area contributed by atoms with Gasteiger partial charge in [-0.2, -0.15) is 0 Å². The zero-order valence-electron chi connectivity index (χ0n) is 10.2. The Kier molecular flexibility index (Phi) is 4.67. The van der Waals surface area contributed by atoms with E-state index in [1.807, 2.05) is 11.8 Å². The summed E-state index contributed by atoms with van der Waals surface area (Å²) in [5.41, 5.74) is -0.0274. The minimum Gasteiger partial charge on any atom is -0.365 e. The molecule has 1 amide bonds. The molecule has 2 N–H and O–H groups in total. The van der Waals surface area contributed by atoms with Gasteiger partial charge >= 0.3 is 0 Å². The van der Waals surface area contributed by atoms with Crippen LogP contribution in [0.4, 0.5) is 0 Å². The summed E-state index contributed by atoms with van der Waals surface area (Å²) in [6.45, 7) is 5.22. The van der Waals surface area contributed by atoms with Crippen LogP contribution in [0, 0.1) is 0 Å². The van der Waals surface area contributed by atoms with Crippen LogP contribution >= 0.6 is 12.6 Å². The highest BCUT2D eigenvalue weighted by Gasteiger charge is 2.29. The van der Waals surface area contributed by atoms with Crippen LogP contribution in [0.5, 0.6) is 0 Å². The van der Waals surface area contributed by atoms with E-state index in [-0.39, 0.29) is 23.6 Å². The van der Waals surface area contributed by atoms with Crippen molar-refractivity contribution >= 4 is 18.5 Å². The molecule has 5 nitrogen and oxygen atoms in total. The van der Waals surface area contributed by atoms with Crippen molar-refractivity contribution in [2.75, 3.05) is 26.2 Å². The van der Waals surface area contributed by atoms with Crippen molar-refractivity contribution in [3.8, 4) is 0 Å². The lowest BCUT2D eigenvalue weighted by atomic mass is 10.1. The monoisotopic (exact) mass is 259 g/mol. The molecule has 0 spiro atoms. The Bertz CT molecular complexity index is 261. The first-order valence-corrected chi connectivity index (χ1v) is 6.77. The Labute approximate surface area is 108 Å². The van der Waals surface area contributed by atoms with Crippen LogP contribution in [0.25, 0.3) is 0 Å². The molecule has 0 aromatic carbocycles. The molecule has 0 aliphatic carbocycles. The number of rotatable bonds is 3. The Morgan fingerprint density at radius 2 is 1.94 bits per heavy atom. The van der Waals surface area contributed by atoms with E-state index in [1.165, 1.54) is 0 Å². The van der Waals surface area contributed by atoms with Crippen molar-refractivity contribution in [3.05, 3.63) is 0 Å². The van der Waals surface area contributed by atoms with Gasteiger partial charge in [-0.1, -0.05) is 0 Å². The van der Waals surface area contributed by atoms with E-state index in [0.717, 1.165) is 39.0 Å². The number of ether oxygens (including phenoxy) is 1. The zero-order chi connectivity index (χ0) is 12.3. The fourth-order valence-electron chi connectivity index (χ4n) is 2.35. The average Bonchev–Trinajstić information content (AvgIpc) is 2.82. The van der Waals surface area contributed by atoms with Gasteiger partial charge in [0, 0.05) is 26.2 Å². The Morgan fingerprint density at radius 1 is 1.35 bits per heavy atom. The van der Waals surface area contributed by atoms with Gasteiger partial charge in [0.05, 0.1) is 11.5 Å². The maximum Gasteiger partial charge on any atom is 0.254 e. The van der Waals surface area contributed by atoms with Crippen molar-refractivity contribution in [3.63, 3.8) is 0 Å². The molecule has 0 bridgehead atoms. The zero-order valence-corrected chi connectivity index (χ0v) is 11.1. The number of carbonyl (C=O) groups excluding carboxylic acids is 1. The number of likely N-dealkylation sites (tertiary alicyclic amines) is 1. The van der Waals surface area contributed by atoms with Gasteiger partial charge in [0.25, 0.3) is 5.91 Å². The molecule has 98 valence electrons. The number of nitrogens with one attached hydrogen (secondary N) is 2. The fraction of sp³-hybridized carbons (Fsp3) is 0.909. The van der Waals surface area contributed by atoms with Crippen molar-refractivity contribution in [2.24, 2.45) is 0 Å². The molecule has 2 heterocycles. The highest BCUT2D eigenvalue weighted by Crippen LogP contribution is 2.17. The largest absolute Gasteiger partial charge is 0.365 e. The molecule has 0 saturated carbocycles. The van der Waals surface area contributed by atoms with Crippen LogP contribution in [-0.2, 0) is 9.53 Å². The lowest BCUT2D eigenvalue weighted by Gasteiger charge is -2.34. The molecular formula is C11H21N3O2S. The molecule has 0 aromatic heterocycles. The third kappa shape index (κ3) is 3.58. The molecule has 2 rings (SSSR count). The van der Waals surface area contributed by atoms with E-state index >= 15 is 0 Å². The first kappa shape index (κ1) is 13.1. The molecule has 2 aliphatic heterocycles. The highest BCUT2D eigenvalue weighted by molar-refractivity contribution is 7.80. The molecule has 17 heavy (non-hydrogen) atoms. The highest BCUT2D eigenvalue weighted by atomic mass is 32.1. The van der Waals surface area contributed by atoms with Crippen molar-refractivity contribution in [1.82, 2.24) is 15.5 Å². The third-order valence-electron chi connectivity index (χ3n) is 3.21. The van der Waals surface area contributed by atoms with Gasteiger partial charge in [0.15, 0.2) is 0 Å². The summed E-state index contributed by atoms with van der Waals surface area (Å²) in [6, 6.07) is 0. The molecule has 2 aliphatic rings. The lowest BCUT2D eigenvalue weighted by Crippen LogP contribution is -2.52. The number of hydrogen-bond acceptors (Lipinski definition) is 5. The standard InChI is InChI=1S/C11H21N3O2S/c1-8(17)16-9-2-6-14(7-3-9)11(15)10-12-4-5-13-10/h8-10,12-13,17H,2-7H2,1H3. The molecule has 1 unspecified atom stereocenters. The van der Waals surface area contributed by atoms with Crippen LogP contribution in [0.1, 0.15) is 19.8 Å². The minimum absolute atomic E-state index is 0.0274. The van der Waals surface area contributed by atoms with Crippen LogP contribution in [0.3, 0.4) is 0 Å². The minimum atomic E-state index is -0.184. The van der Waals surface area contributed by atoms with Gasteiger partial charge in [0.1, 0.15) is 6.17 Å². The molecule has 6 heteroatoms. The van der Waals surface area contributed by atoms with Crippen molar-refractivity contribution in [1.29, 1.82) is 0 Å². The second-order valence-electron chi connectivity index (χ2n) is 4.60. The summed E-state index contributed by atoms with van der Waals surface area (Å²) >= 11 is 4.22. The predicted molar refractivity (Wildman–Crippen MR) is 68.9 cm³/mol. The number of piperidine rings is 1. The van der Waals surface area contributed by atoms with Crippen LogP contribution in [-0.4, -0.2) is 54.7 Å². The summed E-state index contributed by atoms with van der Waals surface area (Å²) in [5.74, 6) is 0.167. The summed E-state index contributed by atoms with van der Waals surface area (Å²) in [5, 5.41) is 6.30. The summed E-state index contributed by atoms with van der Waals surface area (Å²) < 4.78 is 5.64. The molecule has 2 saturated heterocycles. The van der Waals surface area contributed by atoms with Crippen LogP contribution in [0.15, 0.2) is 0 Å².